The lowest BCUT2D eigenvalue weighted by Crippen LogP contribution is -2.43. The van der Waals surface area contributed by atoms with Crippen molar-refractivity contribution in [3.63, 3.8) is 0 Å². The Balaban J connectivity index is 1.60. The van der Waals surface area contributed by atoms with E-state index in [0.717, 1.165) is 4.47 Å². The van der Waals surface area contributed by atoms with Crippen LogP contribution in [0.1, 0.15) is 35.0 Å². The first-order valence-electron chi connectivity index (χ1n) is 8.32. The van der Waals surface area contributed by atoms with E-state index in [1.165, 1.54) is 4.90 Å². The summed E-state index contributed by atoms with van der Waals surface area (Å²) >= 11 is 9.48. The summed E-state index contributed by atoms with van der Waals surface area (Å²) in [6, 6.07) is 11.2. The van der Waals surface area contributed by atoms with Gasteiger partial charge in [-0.25, -0.2) is 4.79 Å². The van der Waals surface area contributed by atoms with Crippen LogP contribution in [0.2, 0.25) is 5.02 Å². The minimum Gasteiger partial charge on any atom is -0.433 e. The summed E-state index contributed by atoms with van der Waals surface area (Å²) in [6.07, 6.45) is -0.336. The van der Waals surface area contributed by atoms with Crippen LogP contribution in [-0.2, 0) is 14.3 Å². The third kappa shape index (κ3) is 3.21. The van der Waals surface area contributed by atoms with Crippen LogP contribution >= 0.6 is 27.5 Å². The Labute approximate surface area is 168 Å². The fourth-order valence-electron chi connectivity index (χ4n) is 3.39. The topological polar surface area (TPSA) is 75.7 Å². The SMILES string of the molecule is O=C1OC(N2C(=O)CCC2C(=O)Nc2ccc(Br)cc2Cl)c2ccccc21. The first kappa shape index (κ1) is 18.0. The normalized spacial score (nSPS) is 21.2. The number of amides is 2. The second-order valence-electron chi connectivity index (χ2n) is 6.31. The van der Waals surface area contributed by atoms with Crippen LogP contribution in [0, 0.1) is 0 Å². The van der Waals surface area contributed by atoms with E-state index in [1.807, 2.05) is 0 Å². The zero-order chi connectivity index (χ0) is 19.1. The zero-order valence-electron chi connectivity index (χ0n) is 13.9. The smallest absolute Gasteiger partial charge is 0.340 e. The highest BCUT2D eigenvalue weighted by atomic mass is 79.9. The summed E-state index contributed by atoms with van der Waals surface area (Å²) in [5.74, 6) is -1.09. The summed E-state index contributed by atoms with van der Waals surface area (Å²) in [7, 11) is 0. The average molecular weight is 450 g/mol. The average Bonchev–Trinajstić information content (AvgIpc) is 3.18. The van der Waals surface area contributed by atoms with Crippen molar-refractivity contribution in [1.82, 2.24) is 4.90 Å². The molecule has 2 aromatic carbocycles. The molecule has 2 heterocycles. The Kier molecular flexibility index (Phi) is 4.65. The number of likely N-dealkylation sites (tertiary alicyclic amines) is 1. The Morgan fingerprint density at radius 3 is 2.78 bits per heavy atom. The van der Waals surface area contributed by atoms with Crippen LogP contribution in [0.25, 0.3) is 0 Å². The van der Waals surface area contributed by atoms with Gasteiger partial charge in [0, 0.05) is 16.5 Å². The Bertz CT molecular complexity index is 964. The van der Waals surface area contributed by atoms with E-state index in [9.17, 15) is 14.4 Å². The molecule has 6 nitrogen and oxygen atoms in total. The molecule has 0 spiro atoms. The molecular weight excluding hydrogens is 436 g/mol. The number of ether oxygens (including phenoxy) is 1. The van der Waals surface area contributed by atoms with E-state index in [2.05, 4.69) is 21.2 Å². The maximum atomic E-state index is 12.8. The first-order chi connectivity index (χ1) is 13.0. The van der Waals surface area contributed by atoms with Crippen LogP contribution in [0.5, 0.6) is 0 Å². The summed E-state index contributed by atoms with van der Waals surface area (Å²) < 4.78 is 6.20. The molecule has 0 aromatic heterocycles. The number of anilines is 1. The molecule has 8 heteroatoms. The standard InChI is InChI=1S/C19H14BrClN2O4/c20-10-5-6-14(13(21)9-10)22-17(25)15-7-8-16(24)23(15)18-11-3-1-2-4-12(11)19(26)27-18/h1-6,9,15,18H,7-8H2,(H,22,25). The lowest BCUT2D eigenvalue weighted by atomic mass is 10.1. The molecule has 0 aliphatic carbocycles. The molecule has 0 bridgehead atoms. The first-order valence-corrected chi connectivity index (χ1v) is 9.50. The van der Waals surface area contributed by atoms with Crippen LogP contribution in [0.3, 0.4) is 0 Å². The fraction of sp³-hybridized carbons (Fsp3) is 0.211. The number of esters is 1. The van der Waals surface area contributed by atoms with Gasteiger partial charge in [-0.3, -0.25) is 14.5 Å². The van der Waals surface area contributed by atoms with E-state index in [1.54, 1.807) is 42.5 Å². The molecular formula is C19H14BrClN2O4. The van der Waals surface area contributed by atoms with Gasteiger partial charge in [-0.15, -0.1) is 0 Å². The number of benzene rings is 2. The molecule has 0 saturated carbocycles. The van der Waals surface area contributed by atoms with E-state index in [0.29, 0.717) is 28.3 Å². The highest BCUT2D eigenvalue weighted by molar-refractivity contribution is 9.10. The van der Waals surface area contributed by atoms with E-state index < -0.39 is 18.2 Å². The number of fused-ring (bicyclic) bond motifs is 1. The number of halogens is 2. The Hall–Kier alpha value is -2.38. The summed E-state index contributed by atoms with van der Waals surface area (Å²) in [5, 5.41) is 3.14. The van der Waals surface area contributed by atoms with Crippen LogP contribution in [0.4, 0.5) is 5.69 Å². The van der Waals surface area contributed by atoms with Gasteiger partial charge in [-0.05, 0) is 30.7 Å². The second-order valence-corrected chi connectivity index (χ2v) is 7.64. The number of nitrogens with zero attached hydrogens (tertiary/aromatic N) is 1. The van der Waals surface area contributed by atoms with Gasteiger partial charge in [0.15, 0.2) is 0 Å². The lowest BCUT2D eigenvalue weighted by molar-refractivity contribution is -0.144. The second kappa shape index (κ2) is 6.98. The van der Waals surface area contributed by atoms with Gasteiger partial charge in [0.2, 0.25) is 18.0 Å². The maximum absolute atomic E-state index is 12.8. The number of carbonyl (C=O) groups is 3. The molecule has 27 heavy (non-hydrogen) atoms. The molecule has 2 aliphatic heterocycles. The summed E-state index contributed by atoms with van der Waals surface area (Å²) in [4.78, 5) is 38.8. The molecule has 4 rings (SSSR count). The molecule has 2 unspecified atom stereocenters. The highest BCUT2D eigenvalue weighted by Gasteiger charge is 2.46. The van der Waals surface area contributed by atoms with Gasteiger partial charge in [0.25, 0.3) is 0 Å². The van der Waals surface area contributed by atoms with Crippen LogP contribution in [-0.4, -0.2) is 28.7 Å². The molecule has 2 aliphatic rings. The van der Waals surface area contributed by atoms with Crippen molar-refractivity contribution in [2.24, 2.45) is 0 Å². The number of hydrogen-bond donors (Lipinski definition) is 1. The number of nitrogens with one attached hydrogen (secondary N) is 1. The molecule has 2 atom stereocenters. The predicted octanol–water partition coefficient (Wildman–Crippen LogP) is 3.90. The number of carbonyl (C=O) groups excluding carboxylic acids is 3. The molecule has 1 N–H and O–H groups in total. The highest BCUT2D eigenvalue weighted by Crippen LogP contribution is 2.38. The van der Waals surface area contributed by atoms with Gasteiger partial charge >= 0.3 is 5.97 Å². The van der Waals surface area contributed by atoms with Gasteiger partial charge in [-0.2, -0.15) is 0 Å². The van der Waals surface area contributed by atoms with Crippen molar-refractivity contribution in [2.45, 2.75) is 25.1 Å². The lowest BCUT2D eigenvalue weighted by Gasteiger charge is -2.29. The van der Waals surface area contributed by atoms with Crippen molar-refractivity contribution in [2.75, 3.05) is 5.32 Å². The van der Waals surface area contributed by atoms with E-state index >= 15 is 0 Å². The third-order valence-corrected chi connectivity index (χ3v) is 5.47. The van der Waals surface area contributed by atoms with Crippen molar-refractivity contribution in [3.05, 3.63) is 63.1 Å². The van der Waals surface area contributed by atoms with Gasteiger partial charge in [0.05, 0.1) is 16.3 Å². The third-order valence-electron chi connectivity index (χ3n) is 4.67. The van der Waals surface area contributed by atoms with Crippen LogP contribution in [0.15, 0.2) is 46.9 Å². The fourth-order valence-corrected chi connectivity index (χ4v) is 4.11. The predicted molar refractivity (Wildman–Crippen MR) is 102 cm³/mol. The van der Waals surface area contributed by atoms with Gasteiger partial charge in [0.1, 0.15) is 6.04 Å². The minimum absolute atomic E-state index is 0.211. The summed E-state index contributed by atoms with van der Waals surface area (Å²) in [5.41, 5.74) is 1.46. The van der Waals surface area contributed by atoms with Crippen molar-refractivity contribution in [3.8, 4) is 0 Å². The molecule has 0 radical (unpaired) electrons. The van der Waals surface area contributed by atoms with Crippen molar-refractivity contribution in [1.29, 1.82) is 0 Å². The Morgan fingerprint density at radius 2 is 2.00 bits per heavy atom. The maximum Gasteiger partial charge on any atom is 0.340 e. The molecule has 138 valence electrons. The van der Waals surface area contributed by atoms with Gasteiger partial charge < -0.3 is 10.1 Å². The largest absolute Gasteiger partial charge is 0.433 e. The quantitative estimate of drug-likeness (QED) is 0.721. The van der Waals surface area contributed by atoms with Crippen molar-refractivity contribution < 1.29 is 19.1 Å². The van der Waals surface area contributed by atoms with E-state index in [-0.39, 0.29) is 18.2 Å². The molecule has 1 saturated heterocycles. The monoisotopic (exact) mass is 448 g/mol. The summed E-state index contributed by atoms with van der Waals surface area (Å²) in [6.45, 7) is 0. The van der Waals surface area contributed by atoms with E-state index in [4.69, 9.17) is 16.3 Å². The number of cyclic esters (lactones) is 1. The zero-order valence-corrected chi connectivity index (χ0v) is 16.3. The van der Waals surface area contributed by atoms with Crippen molar-refractivity contribution >= 4 is 51.0 Å². The minimum atomic E-state index is -0.889. The number of hydrogen-bond acceptors (Lipinski definition) is 4. The van der Waals surface area contributed by atoms with Gasteiger partial charge in [-0.1, -0.05) is 45.7 Å². The van der Waals surface area contributed by atoms with Crippen LogP contribution < -0.4 is 5.32 Å². The molecule has 2 amide bonds. The Morgan fingerprint density at radius 1 is 1.22 bits per heavy atom. The number of rotatable bonds is 3. The molecule has 2 aromatic rings. The molecule has 1 fully saturated rings.